The number of ketones is 1. The van der Waals surface area contributed by atoms with Gasteiger partial charge in [-0.05, 0) is 68.5 Å². The quantitative estimate of drug-likeness (QED) is 0.473. The first-order valence-electron chi connectivity index (χ1n) is 9.88. The van der Waals surface area contributed by atoms with Gasteiger partial charge < -0.3 is 9.47 Å². The van der Waals surface area contributed by atoms with Crippen molar-refractivity contribution in [3.05, 3.63) is 70.9 Å². The third-order valence-corrected chi connectivity index (χ3v) is 5.40. The summed E-state index contributed by atoms with van der Waals surface area (Å²) in [6.07, 6.45) is 2.87. The number of aryl methyl sites for hydroxylation is 1. The average molecular weight is 389 g/mol. The predicted octanol–water partition coefficient (Wildman–Crippen LogP) is 4.55. The summed E-state index contributed by atoms with van der Waals surface area (Å²) in [5.41, 5.74) is 3.75. The van der Waals surface area contributed by atoms with Gasteiger partial charge in [-0.25, -0.2) is 4.79 Å². The summed E-state index contributed by atoms with van der Waals surface area (Å²) >= 11 is 0. The lowest BCUT2D eigenvalue weighted by atomic mass is 9.90. The lowest BCUT2D eigenvalue weighted by Gasteiger charge is -2.21. The zero-order valence-electron chi connectivity index (χ0n) is 16.6. The number of carbonyl (C=O) groups excluding carboxylic acids is 2. The molecule has 0 saturated carbocycles. The molecule has 0 N–H and O–H groups in total. The molecule has 1 heterocycles. The van der Waals surface area contributed by atoms with Crippen LogP contribution in [-0.4, -0.2) is 30.0 Å². The number of methoxy groups -OCH3 is 1. The molecule has 0 aliphatic heterocycles. The third-order valence-electron chi connectivity index (χ3n) is 5.40. The molecule has 0 bridgehead atoms. The largest absolute Gasteiger partial charge is 0.497 e. The van der Waals surface area contributed by atoms with Crippen LogP contribution in [0.1, 0.15) is 51.7 Å². The van der Waals surface area contributed by atoms with E-state index in [1.165, 1.54) is 0 Å². The SMILES string of the molecule is COc1ccc(C(=O)[C@@H](C)OC(=O)c2c3c(nc4ccccc24)CCCC3)cc1. The number of ether oxygens (including phenoxy) is 2. The second-order valence-electron chi connectivity index (χ2n) is 7.28. The molecule has 1 aromatic heterocycles. The lowest BCUT2D eigenvalue weighted by molar-refractivity contribution is 0.0319. The van der Waals surface area contributed by atoms with E-state index in [0.29, 0.717) is 16.9 Å². The van der Waals surface area contributed by atoms with E-state index in [9.17, 15) is 9.59 Å². The van der Waals surface area contributed by atoms with Gasteiger partial charge in [0.25, 0.3) is 0 Å². The molecule has 0 radical (unpaired) electrons. The molecule has 1 aliphatic rings. The monoisotopic (exact) mass is 389 g/mol. The Labute approximate surface area is 169 Å². The zero-order chi connectivity index (χ0) is 20.4. The third kappa shape index (κ3) is 3.73. The van der Waals surface area contributed by atoms with Gasteiger partial charge in [0.05, 0.1) is 18.2 Å². The maximum Gasteiger partial charge on any atom is 0.339 e. The van der Waals surface area contributed by atoms with Crippen LogP contribution in [-0.2, 0) is 17.6 Å². The first-order chi connectivity index (χ1) is 14.1. The molecule has 4 rings (SSSR count). The van der Waals surface area contributed by atoms with Gasteiger partial charge in [0.15, 0.2) is 6.10 Å². The van der Waals surface area contributed by atoms with E-state index in [2.05, 4.69) is 0 Å². The molecule has 3 aromatic rings. The molecule has 2 aromatic carbocycles. The van der Waals surface area contributed by atoms with E-state index in [0.717, 1.165) is 47.8 Å². The van der Waals surface area contributed by atoms with Gasteiger partial charge in [-0.2, -0.15) is 0 Å². The normalized spacial score (nSPS) is 14.1. The van der Waals surface area contributed by atoms with Gasteiger partial charge in [0.2, 0.25) is 5.78 Å². The Morgan fingerprint density at radius 3 is 2.48 bits per heavy atom. The van der Waals surface area contributed by atoms with Crippen LogP contribution in [0.4, 0.5) is 0 Å². The first-order valence-corrected chi connectivity index (χ1v) is 9.88. The standard InChI is InChI=1S/C24H23NO4/c1-15(23(26)16-11-13-17(28-2)14-12-16)29-24(27)22-18-7-3-5-9-20(18)25-21-10-6-4-8-19(21)22/h3,5,7,9,11-15H,4,6,8,10H2,1-2H3/t15-/m1/s1. The van der Waals surface area contributed by atoms with Crippen molar-refractivity contribution in [1.82, 2.24) is 4.98 Å². The number of hydrogen-bond donors (Lipinski definition) is 0. The van der Waals surface area contributed by atoms with Crippen molar-refractivity contribution in [3.63, 3.8) is 0 Å². The number of aromatic nitrogens is 1. The minimum absolute atomic E-state index is 0.242. The summed E-state index contributed by atoms with van der Waals surface area (Å²) in [4.78, 5) is 30.6. The van der Waals surface area contributed by atoms with Crippen LogP contribution in [0, 0.1) is 0 Å². The Balaban J connectivity index is 1.64. The van der Waals surface area contributed by atoms with E-state index in [-0.39, 0.29) is 5.78 Å². The molecule has 1 aliphatic carbocycles. The Morgan fingerprint density at radius 1 is 1.00 bits per heavy atom. The van der Waals surface area contributed by atoms with Crippen LogP contribution in [0.25, 0.3) is 10.9 Å². The first kappa shape index (κ1) is 19.1. The predicted molar refractivity (Wildman–Crippen MR) is 111 cm³/mol. The Bertz CT molecular complexity index is 1070. The number of para-hydroxylation sites is 1. The van der Waals surface area contributed by atoms with E-state index < -0.39 is 12.1 Å². The van der Waals surface area contributed by atoms with Crippen molar-refractivity contribution in [1.29, 1.82) is 0 Å². The van der Waals surface area contributed by atoms with Crippen LogP contribution in [0.5, 0.6) is 5.75 Å². The molecule has 0 spiro atoms. The Hall–Kier alpha value is -3.21. The summed E-state index contributed by atoms with van der Waals surface area (Å²) in [5.74, 6) is -0.0366. The van der Waals surface area contributed by atoms with Crippen molar-refractivity contribution in [2.24, 2.45) is 0 Å². The molecule has 5 heteroatoms. The van der Waals surface area contributed by atoms with Crippen LogP contribution < -0.4 is 4.74 Å². The van der Waals surface area contributed by atoms with Crippen LogP contribution in [0.15, 0.2) is 48.5 Å². The highest BCUT2D eigenvalue weighted by atomic mass is 16.5. The highest BCUT2D eigenvalue weighted by molar-refractivity contribution is 6.07. The van der Waals surface area contributed by atoms with Gasteiger partial charge in [-0.3, -0.25) is 9.78 Å². The molecule has 29 heavy (non-hydrogen) atoms. The summed E-state index contributed by atoms with van der Waals surface area (Å²) < 4.78 is 10.8. The maximum atomic E-state index is 13.2. The fourth-order valence-electron chi connectivity index (χ4n) is 3.87. The molecule has 1 atom stereocenters. The minimum atomic E-state index is -0.887. The number of rotatable bonds is 5. The van der Waals surface area contributed by atoms with Crippen LogP contribution in [0.2, 0.25) is 0 Å². The van der Waals surface area contributed by atoms with Crippen molar-refractivity contribution < 1.29 is 19.1 Å². The van der Waals surface area contributed by atoms with E-state index in [4.69, 9.17) is 14.5 Å². The van der Waals surface area contributed by atoms with Gasteiger partial charge in [0.1, 0.15) is 5.75 Å². The number of esters is 1. The van der Waals surface area contributed by atoms with Crippen LogP contribution in [0.3, 0.4) is 0 Å². The maximum absolute atomic E-state index is 13.2. The number of nitrogens with zero attached hydrogens (tertiary/aromatic N) is 1. The smallest absolute Gasteiger partial charge is 0.339 e. The molecular formula is C24H23NO4. The topological polar surface area (TPSA) is 65.5 Å². The molecule has 0 saturated heterocycles. The molecule has 0 unspecified atom stereocenters. The molecule has 5 nitrogen and oxygen atoms in total. The number of Topliss-reactive ketones (excluding diaryl/α,β-unsaturated/α-hetero) is 1. The van der Waals surface area contributed by atoms with Crippen molar-refractivity contribution in [2.45, 2.75) is 38.7 Å². The summed E-state index contributed by atoms with van der Waals surface area (Å²) in [5, 5.41) is 0.780. The summed E-state index contributed by atoms with van der Waals surface area (Å²) in [7, 11) is 1.57. The number of pyridine rings is 1. The minimum Gasteiger partial charge on any atom is -0.497 e. The van der Waals surface area contributed by atoms with E-state index >= 15 is 0 Å². The van der Waals surface area contributed by atoms with Gasteiger partial charge >= 0.3 is 5.97 Å². The van der Waals surface area contributed by atoms with Gasteiger partial charge in [-0.1, -0.05) is 18.2 Å². The second-order valence-corrected chi connectivity index (χ2v) is 7.28. The summed E-state index contributed by atoms with van der Waals surface area (Å²) in [6.45, 7) is 1.61. The Kier molecular flexibility index (Phi) is 5.30. The molecule has 0 amide bonds. The number of hydrogen-bond acceptors (Lipinski definition) is 5. The molecule has 148 valence electrons. The number of benzene rings is 2. The zero-order valence-corrected chi connectivity index (χ0v) is 16.6. The highest BCUT2D eigenvalue weighted by Crippen LogP contribution is 2.30. The molecule has 0 fully saturated rings. The van der Waals surface area contributed by atoms with Crippen molar-refractivity contribution >= 4 is 22.7 Å². The highest BCUT2D eigenvalue weighted by Gasteiger charge is 2.26. The number of fused-ring (bicyclic) bond motifs is 2. The number of carbonyl (C=O) groups is 2. The second kappa shape index (κ2) is 8.03. The van der Waals surface area contributed by atoms with Gasteiger partial charge in [0, 0.05) is 16.6 Å². The summed E-state index contributed by atoms with van der Waals surface area (Å²) in [6, 6.07) is 14.4. The van der Waals surface area contributed by atoms with Crippen LogP contribution >= 0.6 is 0 Å². The fourth-order valence-corrected chi connectivity index (χ4v) is 3.87. The fraction of sp³-hybridized carbons (Fsp3) is 0.292. The van der Waals surface area contributed by atoms with Crippen molar-refractivity contribution in [3.8, 4) is 5.75 Å². The van der Waals surface area contributed by atoms with E-state index in [1.54, 1.807) is 38.3 Å². The lowest BCUT2D eigenvalue weighted by Crippen LogP contribution is -2.26. The van der Waals surface area contributed by atoms with Crippen molar-refractivity contribution in [2.75, 3.05) is 7.11 Å². The Morgan fingerprint density at radius 2 is 1.72 bits per heavy atom. The molecular weight excluding hydrogens is 366 g/mol. The van der Waals surface area contributed by atoms with Gasteiger partial charge in [-0.15, -0.1) is 0 Å². The van der Waals surface area contributed by atoms with E-state index in [1.807, 2.05) is 24.3 Å². The average Bonchev–Trinajstić information content (AvgIpc) is 2.76.